The van der Waals surface area contributed by atoms with Gasteiger partial charge in [0.15, 0.2) is 0 Å². The summed E-state index contributed by atoms with van der Waals surface area (Å²) in [5, 5.41) is 6.74. The Morgan fingerprint density at radius 3 is 2.43 bits per heavy atom. The zero-order valence-corrected chi connectivity index (χ0v) is 12.9. The van der Waals surface area contributed by atoms with Crippen LogP contribution in [0, 0.1) is 0 Å². The third-order valence-electron chi connectivity index (χ3n) is 3.29. The summed E-state index contributed by atoms with van der Waals surface area (Å²) in [6.45, 7) is 3.89. The molecule has 3 nitrogen and oxygen atoms in total. The molecule has 0 aliphatic carbocycles. The van der Waals surface area contributed by atoms with Crippen molar-refractivity contribution >= 4 is 23.2 Å². The Balaban J connectivity index is 1.93. The Morgan fingerprint density at radius 2 is 1.76 bits per heavy atom. The third-order valence-corrected chi connectivity index (χ3v) is 3.52. The molecule has 2 aromatic rings. The van der Waals surface area contributed by atoms with Crippen LogP contribution in [-0.2, 0) is 4.79 Å². The fourth-order valence-electron chi connectivity index (χ4n) is 2.11. The quantitative estimate of drug-likeness (QED) is 0.876. The van der Waals surface area contributed by atoms with Crippen LogP contribution in [0.25, 0.3) is 0 Å². The maximum Gasteiger partial charge on any atom is 0.241 e. The monoisotopic (exact) mass is 302 g/mol. The molecule has 4 heteroatoms. The van der Waals surface area contributed by atoms with Gasteiger partial charge < -0.3 is 5.32 Å². The van der Waals surface area contributed by atoms with Crippen LogP contribution in [0.1, 0.15) is 25.5 Å². The molecule has 2 atom stereocenters. The third kappa shape index (κ3) is 4.59. The van der Waals surface area contributed by atoms with Gasteiger partial charge in [0.1, 0.15) is 0 Å². The van der Waals surface area contributed by atoms with Gasteiger partial charge in [0, 0.05) is 16.8 Å². The second-order valence-electron chi connectivity index (χ2n) is 5.02. The van der Waals surface area contributed by atoms with Crippen molar-refractivity contribution in [2.24, 2.45) is 0 Å². The van der Waals surface area contributed by atoms with E-state index in [1.807, 2.05) is 56.3 Å². The molecule has 0 bridgehead atoms. The highest BCUT2D eigenvalue weighted by Gasteiger charge is 2.16. The predicted molar refractivity (Wildman–Crippen MR) is 87.5 cm³/mol. The van der Waals surface area contributed by atoms with Crippen molar-refractivity contribution in [2.75, 3.05) is 5.32 Å². The first-order valence-corrected chi connectivity index (χ1v) is 7.31. The number of halogens is 1. The zero-order valence-electron chi connectivity index (χ0n) is 12.1. The Bertz CT molecular complexity index is 601. The standard InChI is InChI=1S/C17H19ClN2O/c1-12(14-7-4-3-5-8-14)19-13(2)17(21)20-16-10-6-9-15(18)11-16/h3-13,19H,1-2H3,(H,20,21)/t12-,13+/m0/s1. The molecule has 0 unspecified atom stereocenters. The Labute approximate surface area is 130 Å². The number of hydrogen-bond acceptors (Lipinski definition) is 2. The van der Waals surface area contributed by atoms with E-state index in [-0.39, 0.29) is 18.0 Å². The SMILES string of the molecule is C[C@H](N[C@H](C)C(=O)Nc1cccc(Cl)c1)c1ccccc1. The summed E-state index contributed by atoms with van der Waals surface area (Å²) < 4.78 is 0. The highest BCUT2D eigenvalue weighted by molar-refractivity contribution is 6.30. The first kappa shape index (κ1) is 15.5. The fourth-order valence-corrected chi connectivity index (χ4v) is 2.30. The van der Waals surface area contributed by atoms with Gasteiger partial charge in [-0.2, -0.15) is 0 Å². The van der Waals surface area contributed by atoms with Crippen molar-refractivity contribution < 1.29 is 4.79 Å². The second-order valence-corrected chi connectivity index (χ2v) is 5.46. The van der Waals surface area contributed by atoms with Gasteiger partial charge in [-0.15, -0.1) is 0 Å². The number of anilines is 1. The van der Waals surface area contributed by atoms with E-state index in [0.717, 1.165) is 5.56 Å². The smallest absolute Gasteiger partial charge is 0.241 e. The molecule has 0 aromatic heterocycles. The first-order valence-electron chi connectivity index (χ1n) is 6.93. The minimum atomic E-state index is -0.306. The molecule has 0 heterocycles. The number of carbonyl (C=O) groups is 1. The molecule has 21 heavy (non-hydrogen) atoms. The van der Waals surface area contributed by atoms with Crippen LogP contribution < -0.4 is 10.6 Å². The second kappa shape index (κ2) is 7.25. The minimum absolute atomic E-state index is 0.0833. The molecule has 0 saturated carbocycles. The summed E-state index contributed by atoms with van der Waals surface area (Å²) in [6, 6.07) is 17.0. The summed E-state index contributed by atoms with van der Waals surface area (Å²) in [6.07, 6.45) is 0. The molecule has 110 valence electrons. The van der Waals surface area contributed by atoms with Crippen LogP contribution in [0.2, 0.25) is 5.02 Å². The lowest BCUT2D eigenvalue weighted by Gasteiger charge is -2.20. The van der Waals surface area contributed by atoms with Gasteiger partial charge in [-0.25, -0.2) is 0 Å². The van der Waals surface area contributed by atoms with E-state index in [1.165, 1.54) is 0 Å². The zero-order chi connectivity index (χ0) is 15.2. The minimum Gasteiger partial charge on any atom is -0.325 e. The number of nitrogens with one attached hydrogen (secondary N) is 2. The van der Waals surface area contributed by atoms with E-state index in [0.29, 0.717) is 10.7 Å². The topological polar surface area (TPSA) is 41.1 Å². The van der Waals surface area contributed by atoms with Crippen LogP contribution in [0.4, 0.5) is 5.69 Å². The van der Waals surface area contributed by atoms with Crippen LogP contribution in [0.15, 0.2) is 54.6 Å². The van der Waals surface area contributed by atoms with Crippen LogP contribution in [0.5, 0.6) is 0 Å². The maximum absolute atomic E-state index is 12.2. The summed E-state index contributed by atoms with van der Waals surface area (Å²) in [7, 11) is 0. The van der Waals surface area contributed by atoms with Gasteiger partial charge in [-0.05, 0) is 37.6 Å². The molecular weight excluding hydrogens is 284 g/mol. The lowest BCUT2D eigenvalue weighted by atomic mass is 10.1. The number of benzene rings is 2. The van der Waals surface area contributed by atoms with Crippen LogP contribution >= 0.6 is 11.6 Å². The van der Waals surface area contributed by atoms with Crippen molar-refractivity contribution in [3.05, 3.63) is 65.2 Å². The van der Waals surface area contributed by atoms with Crippen molar-refractivity contribution in [1.29, 1.82) is 0 Å². The van der Waals surface area contributed by atoms with Gasteiger partial charge in [0.25, 0.3) is 0 Å². The molecule has 0 fully saturated rings. The van der Waals surface area contributed by atoms with Crippen molar-refractivity contribution in [3.8, 4) is 0 Å². The highest BCUT2D eigenvalue weighted by Crippen LogP contribution is 2.16. The number of carbonyl (C=O) groups excluding carboxylic acids is 1. The molecular formula is C17H19ClN2O. The van der Waals surface area contributed by atoms with E-state index < -0.39 is 0 Å². The molecule has 2 N–H and O–H groups in total. The largest absolute Gasteiger partial charge is 0.325 e. The molecule has 0 aliphatic rings. The van der Waals surface area contributed by atoms with Crippen LogP contribution in [-0.4, -0.2) is 11.9 Å². The summed E-state index contributed by atoms with van der Waals surface area (Å²) in [5.41, 5.74) is 1.86. The molecule has 0 saturated heterocycles. The predicted octanol–water partition coefficient (Wildman–Crippen LogP) is 4.02. The first-order chi connectivity index (χ1) is 10.1. The van der Waals surface area contributed by atoms with Gasteiger partial charge >= 0.3 is 0 Å². The Kier molecular flexibility index (Phi) is 5.37. The normalized spacial score (nSPS) is 13.5. The van der Waals surface area contributed by atoms with E-state index in [1.54, 1.807) is 12.1 Å². The van der Waals surface area contributed by atoms with Gasteiger partial charge in [0.2, 0.25) is 5.91 Å². The van der Waals surface area contributed by atoms with Crippen molar-refractivity contribution in [1.82, 2.24) is 5.32 Å². The number of rotatable bonds is 5. The fraction of sp³-hybridized carbons (Fsp3) is 0.235. The van der Waals surface area contributed by atoms with Gasteiger partial charge in [-0.3, -0.25) is 10.1 Å². The average Bonchev–Trinajstić information content (AvgIpc) is 2.48. The summed E-state index contributed by atoms with van der Waals surface area (Å²) in [4.78, 5) is 12.2. The molecule has 0 aliphatic heterocycles. The van der Waals surface area contributed by atoms with E-state index in [9.17, 15) is 4.79 Å². The lowest BCUT2D eigenvalue weighted by Crippen LogP contribution is -2.39. The van der Waals surface area contributed by atoms with E-state index in [4.69, 9.17) is 11.6 Å². The molecule has 0 radical (unpaired) electrons. The maximum atomic E-state index is 12.2. The molecule has 2 rings (SSSR count). The number of amides is 1. The van der Waals surface area contributed by atoms with Gasteiger partial charge in [-0.1, -0.05) is 48.0 Å². The average molecular weight is 303 g/mol. The van der Waals surface area contributed by atoms with Crippen molar-refractivity contribution in [3.63, 3.8) is 0 Å². The van der Waals surface area contributed by atoms with Gasteiger partial charge in [0.05, 0.1) is 6.04 Å². The van der Waals surface area contributed by atoms with E-state index in [2.05, 4.69) is 10.6 Å². The van der Waals surface area contributed by atoms with Crippen molar-refractivity contribution in [2.45, 2.75) is 25.9 Å². The lowest BCUT2D eigenvalue weighted by molar-refractivity contribution is -0.117. The summed E-state index contributed by atoms with van der Waals surface area (Å²) >= 11 is 5.91. The summed E-state index contributed by atoms with van der Waals surface area (Å²) in [5.74, 6) is -0.0833. The highest BCUT2D eigenvalue weighted by atomic mass is 35.5. The number of hydrogen-bond donors (Lipinski definition) is 2. The van der Waals surface area contributed by atoms with Crippen LogP contribution in [0.3, 0.4) is 0 Å². The molecule has 2 aromatic carbocycles. The van der Waals surface area contributed by atoms with E-state index >= 15 is 0 Å². The Hall–Kier alpha value is -1.84. The molecule has 0 spiro atoms. The molecule has 1 amide bonds. The Morgan fingerprint density at radius 1 is 1.05 bits per heavy atom.